The Bertz CT molecular complexity index is 452. The molecule has 0 unspecified atom stereocenters. The first-order chi connectivity index (χ1) is 6.79. The fraction of sp³-hybridized carbons (Fsp3) is 0.125. The van der Waals surface area contributed by atoms with E-state index in [0.29, 0.717) is 11.7 Å². The van der Waals surface area contributed by atoms with E-state index in [0.717, 1.165) is 14.9 Å². The largest absolute Gasteiger partial charge is 0.333 e. The van der Waals surface area contributed by atoms with Crippen LogP contribution in [0.2, 0.25) is 0 Å². The predicted molar refractivity (Wildman–Crippen MR) is 55.1 cm³/mol. The summed E-state index contributed by atoms with van der Waals surface area (Å²) in [5.41, 5.74) is 0. The minimum Gasteiger partial charge on any atom is -0.333 e. The molecule has 0 aliphatic heterocycles. The highest BCUT2D eigenvalue weighted by Gasteiger charge is 2.09. The molecule has 0 fully saturated rings. The van der Waals surface area contributed by atoms with Crippen molar-refractivity contribution in [3.63, 3.8) is 0 Å². The molecule has 6 heteroatoms. The summed E-state index contributed by atoms with van der Waals surface area (Å²) in [5, 5.41) is 3.67. The summed E-state index contributed by atoms with van der Waals surface area (Å²) in [7, 11) is 0. The average Bonchev–Trinajstić information content (AvgIpc) is 2.74. The molecular weight excluding hydrogens is 268 g/mol. The van der Waals surface area contributed by atoms with Gasteiger partial charge in [0.05, 0.1) is 15.1 Å². The Morgan fingerprint density at radius 2 is 2.43 bits per heavy atom. The standard InChI is InChI=1S/C8H5BrN2O2S/c9-6-2-1-5(14-6)8-10-7(3-4-12)11-13-8/h1-2,4H,3H2. The number of carbonyl (C=O) groups excluding carboxylic acids is 1. The molecule has 0 saturated heterocycles. The number of thiophene rings is 1. The van der Waals surface area contributed by atoms with Gasteiger partial charge in [-0.15, -0.1) is 11.3 Å². The van der Waals surface area contributed by atoms with E-state index < -0.39 is 0 Å². The van der Waals surface area contributed by atoms with E-state index in [1.165, 1.54) is 11.3 Å². The highest BCUT2D eigenvalue weighted by molar-refractivity contribution is 9.11. The van der Waals surface area contributed by atoms with Crippen molar-refractivity contribution < 1.29 is 9.32 Å². The van der Waals surface area contributed by atoms with Crippen LogP contribution in [0.1, 0.15) is 5.82 Å². The third-order valence-corrected chi connectivity index (χ3v) is 3.13. The zero-order valence-corrected chi connectivity index (χ0v) is 9.34. The second-order valence-corrected chi connectivity index (χ2v) is 4.95. The second kappa shape index (κ2) is 4.02. The van der Waals surface area contributed by atoms with Crippen molar-refractivity contribution >= 4 is 33.6 Å². The number of carbonyl (C=O) groups is 1. The highest BCUT2D eigenvalue weighted by atomic mass is 79.9. The maximum absolute atomic E-state index is 10.2. The van der Waals surface area contributed by atoms with Gasteiger partial charge in [0.25, 0.3) is 5.89 Å². The summed E-state index contributed by atoms with van der Waals surface area (Å²) < 4.78 is 5.99. The van der Waals surface area contributed by atoms with Crippen molar-refractivity contribution in [2.45, 2.75) is 6.42 Å². The number of aromatic nitrogens is 2. The molecule has 2 aromatic rings. The molecule has 0 radical (unpaired) electrons. The molecule has 0 N–H and O–H groups in total. The molecule has 14 heavy (non-hydrogen) atoms. The lowest BCUT2D eigenvalue weighted by atomic mass is 10.4. The maximum atomic E-state index is 10.2. The molecule has 2 rings (SSSR count). The molecule has 2 heterocycles. The number of rotatable bonds is 3. The van der Waals surface area contributed by atoms with Crippen molar-refractivity contribution in [1.82, 2.24) is 10.1 Å². The SMILES string of the molecule is O=CCc1noc(-c2ccc(Br)s2)n1. The minimum atomic E-state index is 0.191. The van der Waals surface area contributed by atoms with E-state index in [4.69, 9.17) is 4.52 Å². The van der Waals surface area contributed by atoms with Gasteiger partial charge in [-0.05, 0) is 28.1 Å². The molecule has 0 spiro atoms. The minimum absolute atomic E-state index is 0.191. The smallest absolute Gasteiger partial charge is 0.268 e. The van der Waals surface area contributed by atoms with E-state index in [9.17, 15) is 4.79 Å². The van der Waals surface area contributed by atoms with Gasteiger partial charge >= 0.3 is 0 Å². The molecule has 4 nitrogen and oxygen atoms in total. The Labute approximate surface area is 92.1 Å². The first kappa shape index (κ1) is 9.54. The Morgan fingerprint density at radius 1 is 1.57 bits per heavy atom. The van der Waals surface area contributed by atoms with Gasteiger partial charge in [-0.2, -0.15) is 4.98 Å². The van der Waals surface area contributed by atoms with E-state index in [-0.39, 0.29) is 6.42 Å². The van der Waals surface area contributed by atoms with E-state index in [1.807, 2.05) is 12.1 Å². The third kappa shape index (κ3) is 1.91. The topological polar surface area (TPSA) is 56.0 Å². The molecule has 0 bridgehead atoms. The van der Waals surface area contributed by atoms with Gasteiger partial charge in [-0.3, -0.25) is 0 Å². The summed E-state index contributed by atoms with van der Waals surface area (Å²) in [5.74, 6) is 0.872. The summed E-state index contributed by atoms with van der Waals surface area (Å²) in [6, 6.07) is 3.79. The Hall–Kier alpha value is -1.01. The fourth-order valence-corrected chi connectivity index (χ4v) is 2.25. The van der Waals surface area contributed by atoms with Crippen LogP contribution < -0.4 is 0 Å². The molecule has 0 amide bonds. The zero-order valence-electron chi connectivity index (χ0n) is 6.94. The van der Waals surface area contributed by atoms with E-state index in [2.05, 4.69) is 26.1 Å². The van der Waals surface area contributed by atoms with Crippen molar-refractivity contribution in [2.75, 3.05) is 0 Å². The highest BCUT2D eigenvalue weighted by Crippen LogP contribution is 2.29. The Morgan fingerprint density at radius 3 is 3.07 bits per heavy atom. The molecular formula is C8H5BrN2O2S. The first-order valence-corrected chi connectivity index (χ1v) is 5.42. The van der Waals surface area contributed by atoms with Crippen molar-refractivity contribution in [1.29, 1.82) is 0 Å². The van der Waals surface area contributed by atoms with Crippen molar-refractivity contribution in [3.8, 4) is 10.8 Å². The van der Waals surface area contributed by atoms with Gasteiger partial charge in [0.1, 0.15) is 6.29 Å². The van der Waals surface area contributed by atoms with Crippen LogP contribution in [0.5, 0.6) is 0 Å². The fourth-order valence-electron chi connectivity index (χ4n) is 0.941. The van der Waals surface area contributed by atoms with E-state index >= 15 is 0 Å². The monoisotopic (exact) mass is 272 g/mol. The van der Waals surface area contributed by atoms with Gasteiger partial charge < -0.3 is 9.32 Å². The van der Waals surface area contributed by atoms with Crippen LogP contribution in [0.25, 0.3) is 10.8 Å². The molecule has 0 aliphatic rings. The van der Waals surface area contributed by atoms with Crippen LogP contribution in [-0.2, 0) is 11.2 Å². The number of aldehydes is 1. The van der Waals surface area contributed by atoms with Crippen LogP contribution in [0.15, 0.2) is 20.4 Å². The number of hydrogen-bond acceptors (Lipinski definition) is 5. The summed E-state index contributed by atoms with van der Waals surface area (Å²) in [6.07, 6.45) is 0.940. The molecule has 0 saturated carbocycles. The third-order valence-electron chi connectivity index (χ3n) is 1.52. The van der Waals surface area contributed by atoms with Crippen LogP contribution in [0.4, 0.5) is 0 Å². The average molecular weight is 273 g/mol. The van der Waals surface area contributed by atoms with Crippen LogP contribution in [0, 0.1) is 0 Å². The van der Waals surface area contributed by atoms with Gasteiger partial charge in [0, 0.05) is 0 Å². The Kier molecular flexibility index (Phi) is 2.74. The maximum Gasteiger partial charge on any atom is 0.268 e. The molecule has 0 atom stereocenters. The van der Waals surface area contributed by atoms with Crippen LogP contribution >= 0.6 is 27.3 Å². The zero-order chi connectivity index (χ0) is 9.97. The van der Waals surface area contributed by atoms with Crippen molar-refractivity contribution in [3.05, 3.63) is 21.7 Å². The quantitative estimate of drug-likeness (QED) is 0.805. The lowest BCUT2D eigenvalue weighted by Crippen LogP contribution is -1.87. The van der Waals surface area contributed by atoms with Crippen molar-refractivity contribution in [2.24, 2.45) is 0 Å². The number of nitrogens with zero attached hydrogens (tertiary/aromatic N) is 2. The predicted octanol–water partition coefficient (Wildman–Crippen LogP) is 2.30. The number of halogens is 1. The summed E-state index contributed by atoms with van der Waals surface area (Å²) >= 11 is 4.84. The lowest BCUT2D eigenvalue weighted by molar-refractivity contribution is -0.107. The summed E-state index contributed by atoms with van der Waals surface area (Å²) in [4.78, 5) is 15.2. The normalized spacial score (nSPS) is 10.4. The first-order valence-electron chi connectivity index (χ1n) is 3.81. The van der Waals surface area contributed by atoms with Gasteiger partial charge in [0.2, 0.25) is 0 Å². The lowest BCUT2D eigenvalue weighted by Gasteiger charge is -1.82. The number of hydrogen-bond donors (Lipinski definition) is 0. The molecule has 0 aromatic carbocycles. The van der Waals surface area contributed by atoms with Gasteiger partial charge in [-0.25, -0.2) is 0 Å². The molecule has 0 aliphatic carbocycles. The second-order valence-electron chi connectivity index (χ2n) is 2.49. The Balaban J connectivity index is 2.28. The van der Waals surface area contributed by atoms with Crippen LogP contribution in [-0.4, -0.2) is 16.4 Å². The van der Waals surface area contributed by atoms with Gasteiger partial charge in [-0.1, -0.05) is 5.16 Å². The molecule has 72 valence electrons. The van der Waals surface area contributed by atoms with Crippen LogP contribution in [0.3, 0.4) is 0 Å². The summed E-state index contributed by atoms with van der Waals surface area (Å²) in [6.45, 7) is 0. The van der Waals surface area contributed by atoms with Gasteiger partial charge in [0.15, 0.2) is 5.82 Å². The van der Waals surface area contributed by atoms with E-state index in [1.54, 1.807) is 0 Å². The molecule has 2 aromatic heterocycles.